The van der Waals surface area contributed by atoms with Gasteiger partial charge in [0.15, 0.2) is 0 Å². The van der Waals surface area contributed by atoms with Gasteiger partial charge in [-0.15, -0.1) is 0 Å². The summed E-state index contributed by atoms with van der Waals surface area (Å²) in [6.07, 6.45) is 0.974. The number of hydrogen-bond donors (Lipinski definition) is 1. The van der Waals surface area contributed by atoms with Gasteiger partial charge in [0.1, 0.15) is 5.75 Å². The largest absolute Gasteiger partial charge is 0.494 e. The van der Waals surface area contributed by atoms with Crippen LogP contribution in [0.3, 0.4) is 0 Å². The number of anilines is 1. The smallest absolute Gasteiger partial charge is 0.269 e. The lowest BCUT2D eigenvalue weighted by Gasteiger charge is -2.06. The van der Waals surface area contributed by atoms with Gasteiger partial charge in [-0.2, -0.15) is 5.10 Å². The summed E-state index contributed by atoms with van der Waals surface area (Å²) in [6, 6.07) is 13.8. The van der Waals surface area contributed by atoms with E-state index in [9.17, 15) is 10.1 Å². The Balaban J connectivity index is 2.00. The molecular formula is C17H19N3O3. The lowest BCUT2D eigenvalue weighted by molar-refractivity contribution is -0.384. The van der Waals surface area contributed by atoms with Crippen molar-refractivity contribution < 1.29 is 9.66 Å². The molecule has 0 unspecified atom stereocenters. The first kappa shape index (κ1) is 16.5. The highest BCUT2D eigenvalue weighted by atomic mass is 16.6. The fourth-order valence-corrected chi connectivity index (χ4v) is 1.88. The molecular weight excluding hydrogens is 294 g/mol. The van der Waals surface area contributed by atoms with Gasteiger partial charge in [-0.3, -0.25) is 15.5 Å². The topological polar surface area (TPSA) is 76.8 Å². The van der Waals surface area contributed by atoms with Crippen LogP contribution < -0.4 is 10.2 Å². The normalized spacial score (nSPS) is 11.1. The van der Waals surface area contributed by atoms with Crippen LogP contribution in [0.25, 0.3) is 0 Å². The zero-order chi connectivity index (χ0) is 16.7. The number of nitrogens with one attached hydrogen (secondary N) is 1. The molecule has 0 heterocycles. The molecule has 0 saturated carbocycles. The van der Waals surface area contributed by atoms with Crippen molar-refractivity contribution in [1.29, 1.82) is 0 Å². The summed E-state index contributed by atoms with van der Waals surface area (Å²) in [5.41, 5.74) is 5.42. The molecule has 1 N–H and O–H groups in total. The van der Waals surface area contributed by atoms with Crippen molar-refractivity contribution in [2.75, 3.05) is 12.0 Å². The first-order chi connectivity index (χ1) is 11.1. The van der Waals surface area contributed by atoms with Crippen LogP contribution in [0.15, 0.2) is 53.6 Å². The Morgan fingerprint density at radius 1 is 1.17 bits per heavy atom. The molecule has 0 spiro atoms. The zero-order valence-corrected chi connectivity index (χ0v) is 13.2. The molecule has 2 aromatic carbocycles. The van der Waals surface area contributed by atoms with Crippen LogP contribution in [-0.4, -0.2) is 17.2 Å². The summed E-state index contributed by atoms with van der Waals surface area (Å²) in [4.78, 5) is 10.2. The van der Waals surface area contributed by atoms with Crippen LogP contribution in [0, 0.1) is 10.1 Å². The van der Waals surface area contributed by atoms with Crippen LogP contribution in [0.2, 0.25) is 0 Å². The van der Waals surface area contributed by atoms with E-state index in [0.29, 0.717) is 12.3 Å². The quantitative estimate of drug-likeness (QED) is 0.471. The number of non-ortho nitro benzene ring substituents is 1. The average molecular weight is 313 g/mol. The van der Waals surface area contributed by atoms with Crippen molar-refractivity contribution in [3.63, 3.8) is 0 Å². The Morgan fingerprint density at radius 2 is 1.83 bits per heavy atom. The second-order valence-corrected chi connectivity index (χ2v) is 4.99. The molecule has 0 fully saturated rings. The van der Waals surface area contributed by atoms with Crippen LogP contribution in [0.5, 0.6) is 5.75 Å². The highest BCUT2D eigenvalue weighted by Gasteiger charge is 2.03. The lowest BCUT2D eigenvalue weighted by atomic mass is 10.1. The van der Waals surface area contributed by atoms with E-state index >= 15 is 0 Å². The fraction of sp³-hybridized carbons (Fsp3) is 0.235. The SMILES string of the molecule is CCCOc1ccc(/C(C)=N/Nc2ccc([N+](=O)[O-])cc2)cc1. The van der Waals surface area contributed by atoms with E-state index in [4.69, 9.17) is 4.74 Å². The van der Waals surface area contributed by atoms with Gasteiger partial charge in [0.25, 0.3) is 5.69 Å². The Morgan fingerprint density at radius 3 is 2.39 bits per heavy atom. The summed E-state index contributed by atoms with van der Waals surface area (Å²) in [7, 11) is 0. The molecule has 0 amide bonds. The molecule has 6 nitrogen and oxygen atoms in total. The van der Waals surface area contributed by atoms with Gasteiger partial charge >= 0.3 is 0 Å². The first-order valence-electron chi connectivity index (χ1n) is 7.38. The summed E-state index contributed by atoms with van der Waals surface area (Å²) in [5, 5.41) is 14.9. The Hall–Kier alpha value is -2.89. The standard InChI is InChI=1S/C17H19N3O3/c1-3-12-23-17-10-4-14(5-11-17)13(2)18-19-15-6-8-16(9-7-15)20(21)22/h4-11,19H,3,12H2,1-2H3/b18-13+. The number of nitro groups is 1. The number of nitro benzene ring substituents is 1. The van der Waals surface area contributed by atoms with Crippen molar-refractivity contribution in [2.24, 2.45) is 5.10 Å². The fourth-order valence-electron chi connectivity index (χ4n) is 1.88. The average Bonchev–Trinajstić information content (AvgIpc) is 2.58. The maximum atomic E-state index is 10.6. The van der Waals surface area contributed by atoms with Gasteiger partial charge in [-0.25, -0.2) is 0 Å². The number of hydrogen-bond acceptors (Lipinski definition) is 5. The van der Waals surface area contributed by atoms with E-state index in [0.717, 1.165) is 23.4 Å². The van der Waals surface area contributed by atoms with Gasteiger partial charge in [-0.1, -0.05) is 6.92 Å². The second-order valence-electron chi connectivity index (χ2n) is 4.99. The minimum atomic E-state index is -0.430. The Labute approximate surface area is 134 Å². The molecule has 0 radical (unpaired) electrons. The highest BCUT2D eigenvalue weighted by Crippen LogP contribution is 2.16. The molecule has 2 rings (SSSR count). The summed E-state index contributed by atoms with van der Waals surface area (Å²) in [5.74, 6) is 0.840. The maximum Gasteiger partial charge on any atom is 0.269 e. The Bertz CT molecular complexity index is 679. The summed E-state index contributed by atoms with van der Waals surface area (Å²) >= 11 is 0. The van der Waals surface area contributed by atoms with E-state index in [2.05, 4.69) is 17.5 Å². The number of ether oxygens (including phenoxy) is 1. The van der Waals surface area contributed by atoms with Gasteiger partial charge in [0.2, 0.25) is 0 Å². The predicted octanol–water partition coefficient (Wildman–Crippen LogP) is 4.22. The van der Waals surface area contributed by atoms with Crippen LogP contribution in [0.4, 0.5) is 11.4 Å². The third-order valence-corrected chi connectivity index (χ3v) is 3.18. The maximum absolute atomic E-state index is 10.6. The van der Waals surface area contributed by atoms with Gasteiger partial charge in [0.05, 0.1) is 22.9 Å². The van der Waals surface area contributed by atoms with E-state index < -0.39 is 4.92 Å². The van der Waals surface area contributed by atoms with Crippen molar-refractivity contribution >= 4 is 17.1 Å². The number of hydrazone groups is 1. The van der Waals surface area contributed by atoms with Gasteiger partial charge < -0.3 is 4.74 Å². The second kappa shape index (κ2) is 7.93. The zero-order valence-electron chi connectivity index (χ0n) is 13.2. The van der Waals surface area contributed by atoms with Gasteiger partial charge in [0, 0.05) is 12.1 Å². The van der Waals surface area contributed by atoms with Gasteiger partial charge in [-0.05, 0) is 55.3 Å². The summed E-state index contributed by atoms with van der Waals surface area (Å²) < 4.78 is 5.54. The molecule has 120 valence electrons. The Kier molecular flexibility index (Phi) is 5.68. The molecule has 2 aromatic rings. The van der Waals surface area contributed by atoms with E-state index in [1.807, 2.05) is 31.2 Å². The number of benzene rings is 2. The number of rotatable bonds is 7. The monoisotopic (exact) mass is 313 g/mol. The van der Waals surface area contributed by atoms with Crippen molar-refractivity contribution in [2.45, 2.75) is 20.3 Å². The predicted molar refractivity (Wildman–Crippen MR) is 91.2 cm³/mol. The summed E-state index contributed by atoms with van der Waals surface area (Å²) in [6.45, 7) is 4.66. The third kappa shape index (κ3) is 4.81. The molecule has 0 atom stereocenters. The van der Waals surface area contributed by atoms with E-state index in [1.54, 1.807) is 12.1 Å². The molecule has 6 heteroatoms. The third-order valence-electron chi connectivity index (χ3n) is 3.18. The molecule has 0 bridgehead atoms. The molecule has 23 heavy (non-hydrogen) atoms. The molecule has 0 aliphatic rings. The lowest BCUT2D eigenvalue weighted by Crippen LogP contribution is -2.00. The molecule has 0 aromatic heterocycles. The van der Waals surface area contributed by atoms with Crippen LogP contribution in [-0.2, 0) is 0 Å². The molecule has 0 aliphatic heterocycles. The van der Waals surface area contributed by atoms with Crippen LogP contribution in [0.1, 0.15) is 25.8 Å². The van der Waals surface area contributed by atoms with E-state index in [-0.39, 0.29) is 5.69 Å². The first-order valence-corrected chi connectivity index (χ1v) is 7.38. The van der Waals surface area contributed by atoms with Crippen LogP contribution >= 0.6 is 0 Å². The molecule has 0 aliphatic carbocycles. The minimum absolute atomic E-state index is 0.0546. The highest BCUT2D eigenvalue weighted by molar-refractivity contribution is 5.99. The van der Waals surface area contributed by atoms with Crippen molar-refractivity contribution in [3.05, 3.63) is 64.2 Å². The van der Waals surface area contributed by atoms with Crippen molar-refractivity contribution in [3.8, 4) is 5.75 Å². The number of nitrogens with zero attached hydrogens (tertiary/aromatic N) is 2. The molecule has 0 saturated heterocycles. The van der Waals surface area contributed by atoms with E-state index in [1.165, 1.54) is 12.1 Å². The van der Waals surface area contributed by atoms with Crippen molar-refractivity contribution in [1.82, 2.24) is 0 Å². The minimum Gasteiger partial charge on any atom is -0.494 e.